The minimum Gasteiger partial charge on any atom is -0.381 e. The molecule has 4 aliphatic carbocycles. The monoisotopic (exact) mass is 571 g/mol. The van der Waals surface area contributed by atoms with Gasteiger partial charge in [-0.25, -0.2) is 0 Å². The fraction of sp³-hybridized carbons (Fsp3) is 0.273. The van der Waals surface area contributed by atoms with E-state index < -0.39 is 0 Å². The first-order chi connectivity index (χ1) is 17.1. The van der Waals surface area contributed by atoms with Gasteiger partial charge in [0.15, 0.2) is 0 Å². The van der Waals surface area contributed by atoms with Crippen molar-refractivity contribution in [2.45, 2.75) is 45.6 Å². The molecule has 0 amide bonds. The summed E-state index contributed by atoms with van der Waals surface area (Å²) in [5.74, 6) is 0.966. The minimum absolute atomic E-state index is 0.294. The molecule has 35 heavy (non-hydrogen) atoms. The zero-order chi connectivity index (χ0) is 24.2. The van der Waals surface area contributed by atoms with Crippen LogP contribution < -0.4 is 5.32 Å². The Morgan fingerprint density at radius 1 is 1.00 bits per heavy atom. The molecular weight excluding hydrogens is 537 g/mol. The van der Waals surface area contributed by atoms with E-state index in [2.05, 4.69) is 139 Å². The first-order valence-corrected chi connectivity index (χ1v) is 13.9. The molecule has 0 saturated carbocycles. The molecule has 0 aliphatic heterocycles. The predicted octanol–water partition coefficient (Wildman–Crippen LogP) is 8.94. The Labute approximate surface area is 224 Å². The van der Waals surface area contributed by atoms with Crippen molar-refractivity contribution in [2.24, 2.45) is 11.8 Å². The van der Waals surface area contributed by atoms with E-state index in [1.54, 1.807) is 5.57 Å². The smallest absolute Gasteiger partial charge is 0.0539 e. The average molecular weight is 572 g/mol. The van der Waals surface area contributed by atoms with E-state index in [-0.39, 0.29) is 0 Å². The zero-order valence-electron chi connectivity index (χ0n) is 20.7. The number of rotatable bonds is 6. The van der Waals surface area contributed by atoms with Crippen molar-refractivity contribution >= 4 is 28.2 Å². The van der Waals surface area contributed by atoms with Crippen LogP contribution in [0.3, 0.4) is 0 Å². The molecule has 178 valence electrons. The summed E-state index contributed by atoms with van der Waals surface area (Å²) in [6.07, 6.45) is 30.1. The summed E-state index contributed by atoms with van der Waals surface area (Å²) in [6.45, 7) is 4.43. The minimum atomic E-state index is 0.294. The third-order valence-electron chi connectivity index (χ3n) is 7.49. The van der Waals surface area contributed by atoms with Crippen LogP contribution in [-0.4, -0.2) is 6.04 Å². The number of hydrogen-bond donors (Lipinski definition) is 1. The maximum atomic E-state index is 3.76. The van der Waals surface area contributed by atoms with Crippen LogP contribution >= 0.6 is 22.6 Å². The number of fused-ring (bicyclic) bond motifs is 2. The van der Waals surface area contributed by atoms with Crippen LogP contribution in [0.15, 0.2) is 129 Å². The fourth-order valence-corrected chi connectivity index (χ4v) is 5.80. The molecule has 1 nitrogen and oxygen atoms in total. The van der Waals surface area contributed by atoms with E-state index in [1.165, 1.54) is 43.6 Å². The molecule has 0 heterocycles. The third-order valence-corrected chi connectivity index (χ3v) is 8.78. The SMILES string of the molecule is C/C(=C\C=C(\I)C(C)NC1=CC=C(C2=CC3=C(C=CCC3)C3C=CC=CC23)CC1)c1ccccc1. The maximum absolute atomic E-state index is 3.76. The fourth-order valence-electron chi connectivity index (χ4n) is 5.46. The van der Waals surface area contributed by atoms with Crippen LogP contribution in [0, 0.1) is 11.8 Å². The lowest BCUT2D eigenvalue weighted by molar-refractivity contribution is 0.584. The first kappa shape index (κ1) is 24.1. The van der Waals surface area contributed by atoms with Gasteiger partial charge in [0.05, 0.1) is 6.04 Å². The summed E-state index contributed by atoms with van der Waals surface area (Å²) in [4.78, 5) is 0. The quantitative estimate of drug-likeness (QED) is 0.266. The van der Waals surface area contributed by atoms with E-state index in [9.17, 15) is 0 Å². The molecule has 4 aliphatic rings. The molecule has 3 unspecified atom stereocenters. The van der Waals surface area contributed by atoms with Gasteiger partial charge in [0.2, 0.25) is 0 Å². The Kier molecular flexibility index (Phi) is 7.57. The van der Waals surface area contributed by atoms with Gasteiger partial charge in [-0.2, -0.15) is 0 Å². The molecule has 3 atom stereocenters. The molecule has 0 aromatic heterocycles. The second-order valence-electron chi connectivity index (χ2n) is 9.86. The molecule has 0 radical (unpaired) electrons. The topological polar surface area (TPSA) is 12.0 Å². The number of allylic oxidation sites excluding steroid dienone is 17. The van der Waals surface area contributed by atoms with Crippen molar-refractivity contribution < 1.29 is 0 Å². The lowest BCUT2D eigenvalue weighted by Gasteiger charge is -2.36. The Bertz CT molecular complexity index is 1240. The summed E-state index contributed by atoms with van der Waals surface area (Å²) in [7, 11) is 0. The van der Waals surface area contributed by atoms with Crippen molar-refractivity contribution in [3.8, 4) is 0 Å². The van der Waals surface area contributed by atoms with Gasteiger partial charge < -0.3 is 5.32 Å². The second kappa shape index (κ2) is 11.0. The normalized spacial score (nSPS) is 24.8. The number of halogens is 1. The highest BCUT2D eigenvalue weighted by molar-refractivity contribution is 14.1. The van der Waals surface area contributed by atoms with E-state index in [4.69, 9.17) is 0 Å². The van der Waals surface area contributed by atoms with Gasteiger partial charge in [0.25, 0.3) is 0 Å². The highest BCUT2D eigenvalue weighted by Crippen LogP contribution is 2.45. The first-order valence-electron chi connectivity index (χ1n) is 12.8. The van der Waals surface area contributed by atoms with Crippen LogP contribution in [0.2, 0.25) is 0 Å². The van der Waals surface area contributed by atoms with E-state index in [0.717, 1.165) is 19.3 Å². The zero-order valence-corrected chi connectivity index (χ0v) is 22.8. The molecule has 0 saturated heterocycles. The standard InChI is InChI=1S/C33H34IN/c1-23(25-10-4-3-5-11-25)16-21-33(34)24(2)35-28-19-17-26(18-20-28)32-22-27-12-6-7-13-29(27)30-14-8-9-15-31(30)32/h3-5,7-11,13-17,19,21-22,24,30-31,35H,6,12,18,20H2,1-2H3/b23-16+,33-21+. The van der Waals surface area contributed by atoms with Crippen LogP contribution in [-0.2, 0) is 0 Å². The van der Waals surface area contributed by atoms with Gasteiger partial charge in [0, 0.05) is 21.1 Å². The van der Waals surface area contributed by atoms with Crippen LogP contribution in [0.4, 0.5) is 0 Å². The number of nitrogens with one attached hydrogen (secondary N) is 1. The molecule has 1 aromatic carbocycles. The largest absolute Gasteiger partial charge is 0.381 e. The van der Waals surface area contributed by atoms with E-state index in [0.29, 0.717) is 17.9 Å². The van der Waals surface area contributed by atoms with Crippen molar-refractivity contribution in [2.75, 3.05) is 0 Å². The lowest BCUT2D eigenvalue weighted by Crippen LogP contribution is -2.27. The Morgan fingerprint density at radius 3 is 2.57 bits per heavy atom. The molecule has 5 rings (SSSR count). The maximum Gasteiger partial charge on any atom is 0.0539 e. The highest BCUT2D eigenvalue weighted by Gasteiger charge is 2.32. The van der Waals surface area contributed by atoms with Gasteiger partial charge >= 0.3 is 0 Å². The van der Waals surface area contributed by atoms with Crippen molar-refractivity contribution in [3.63, 3.8) is 0 Å². The number of benzene rings is 1. The highest BCUT2D eigenvalue weighted by atomic mass is 127. The summed E-state index contributed by atoms with van der Waals surface area (Å²) < 4.78 is 1.32. The van der Waals surface area contributed by atoms with E-state index in [1.807, 2.05) is 0 Å². The molecule has 1 aromatic rings. The summed E-state index contributed by atoms with van der Waals surface area (Å²) >= 11 is 2.47. The summed E-state index contributed by atoms with van der Waals surface area (Å²) in [5.41, 5.74) is 10.0. The number of hydrogen-bond acceptors (Lipinski definition) is 1. The Balaban J connectivity index is 1.29. The second-order valence-corrected chi connectivity index (χ2v) is 11.1. The average Bonchev–Trinajstić information content (AvgIpc) is 2.92. The van der Waals surface area contributed by atoms with Crippen LogP contribution in [0.5, 0.6) is 0 Å². The summed E-state index contributed by atoms with van der Waals surface area (Å²) in [5, 5.41) is 3.76. The van der Waals surface area contributed by atoms with Crippen LogP contribution in [0.25, 0.3) is 5.57 Å². The van der Waals surface area contributed by atoms with Crippen LogP contribution in [0.1, 0.15) is 45.1 Å². The molecule has 0 fully saturated rings. The molecule has 0 bridgehead atoms. The molecule has 1 N–H and O–H groups in total. The Hall–Kier alpha value is -2.59. The molecular formula is C33H34IN. The van der Waals surface area contributed by atoms with Crippen molar-refractivity contribution in [1.29, 1.82) is 0 Å². The molecule has 0 spiro atoms. The van der Waals surface area contributed by atoms with Crippen molar-refractivity contribution in [1.82, 2.24) is 5.32 Å². The lowest BCUT2D eigenvalue weighted by atomic mass is 9.68. The third kappa shape index (κ3) is 5.48. The van der Waals surface area contributed by atoms with Gasteiger partial charge in [-0.05, 0) is 102 Å². The van der Waals surface area contributed by atoms with Gasteiger partial charge in [-0.1, -0.05) is 91.1 Å². The van der Waals surface area contributed by atoms with Gasteiger partial charge in [-0.15, -0.1) is 0 Å². The molecule has 2 heteroatoms. The summed E-state index contributed by atoms with van der Waals surface area (Å²) in [6, 6.07) is 10.9. The van der Waals surface area contributed by atoms with Crippen molar-refractivity contribution in [3.05, 3.63) is 134 Å². The predicted molar refractivity (Wildman–Crippen MR) is 159 cm³/mol. The van der Waals surface area contributed by atoms with Gasteiger partial charge in [-0.3, -0.25) is 0 Å². The van der Waals surface area contributed by atoms with Gasteiger partial charge in [0.1, 0.15) is 0 Å². The van der Waals surface area contributed by atoms with E-state index >= 15 is 0 Å². The Morgan fingerprint density at radius 2 is 1.80 bits per heavy atom.